The third-order valence-electron chi connectivity index (χ3n) is 5.18. The fourth-order valence-electron chi connectivity index (χ4n) is 3.37. The van der Waals surface area contributed by atoms with Crippen molar-refractivity contribution in [3.63, 3.8) is 0 Å². The maximum atomic E-state index is 12.9. The molecular weight excluding hydrogens is 433 g/mol. The van der Waals surface area contributed by atoms with Gasteiger partial charge in [0.1, 0.15) is 34.9 Å². The number of ether oxygens (including phenoxy) is 1. The summed E-state index contributed by atoms with van der Waals surface area (Å²) in [6, 6.07) is 4.30. The third-order valence-corrected chi connectivity index (χ3v) is 5.18. The Balaban J connectivity index is 1.89. The van der Waals surface area contributed by atoms with Crippen molar-refractivity contribution in [1.82, 2.24) is 10.6 Å². The minimum absolute atomic E-state index is 0.0931. The summed E-state index contributed by atoms with van der Waals surface area (Å²) in [5.74, 6) is -0.818. The molecule has 0 aliphatic carbocycles. The summed E-state index contributed by atoms with van der Waals surface area (Å²) in [5.41, 5.74) is 2.00. The lowest BCUT2D eigenvalue weighted by Crippen LogP contribution is -2.56. The zero-order valence-electron chi connectivity index (χ0n) is 16.9. The second kappa shape index (κ2) is 8.54. The van der Waals surface area contributed by atoms with Crippen LogP contribution in [0.4, 0.5) is 13.2 Å². The summed E-state index contributed by atoms with van der Waals surface area (Å²) < 4.78 is 49.2. The van der Waals surface area contributed by atoms with E-state index in [2.05, 4.69) is 10.6 Å². The first kappa shape index (κ1) is 23.1. The minimum Gasteiger partial charge on any atom is -0.489 e. The summed E-state index contributed by atoms with van der Waals surface area (Å²) >= 11 is 0. The molecule has 3 rings (SSSR count). The number of nitrogens with one attached hydrogen (secondary N) is 3. The molecule has 1 aliphatic heterocycles. The molecule has 2 heterocycles. The predicted molar refractivity (Wildman–Crippen MR) is 107 cm³/mol. The highest BCUT2D eigenvalue weighted by Crippen LogP contribution is 2.31. The monoisotopic (exact) mass is 454 g/mol. The van der Waals surface area contributed by atoms with Gasteiger partial charge in [0.15, 0.2) is 0 Å². The number of hydrogen-bond donors (Lipinski definition) is 5. The van der Waals surface area contributed by atoms with Crippen LogP contribution in [0.5, 0.6) is 5.75 Å². The topological polar surface area (TPSA) is 151 Å². The van der Waals surface area contributed by atoms with Crippen LogP contribution in [0, 0.1) is 12.3 Å². The zero-order chi connectivity index (χ0) is 23.7. The van der Waals surface area contributed by atoms with E-state index in [4.69, 9.17) is 20.3 Å². The largest absolute Gasteiger partial charge is 0.489 e. The molecule has 1 atom stereocenters. The van der Waals surface area contributed by atoms with Gasteiger partial charge in [-0.05, 0) is 31.5 Å². The number of halogens is 3. The molecule has 1 aromatic carbocycles. The SMILES string of the molecule is Cc1oc2ccc(OCC(C=N)=C(N)C(F)(F)F)cc2c1C(=O)N[C@@]1(CO)CCNC1=O. The number of nitrogens with two attached hydrogens (primary N) is 1. The highest BCUT2D eigenvalue weighted by Gasteiger charge is 2.44. The van der Waals surface area contributed by atoms with Crippen LogP contribution in [0.3, 0.4) is 0 Å². The Morgan fingerprint density at radius 2 is 2.19 bits per heavy atom. The van der Waals surface area contributed by atoms with Gasteiger partial charge < -0.3 is 36.0 Å². The maximum absolute atomic E-state index is 12.9. The molecule has 172 valence electrons. The third kappa shape index (κ3) is 4.26. The van der Waals surface area contributed by atoms with Crippen molar-refractivity contribution < 1.29 is 37.0 Å². The number of carbonyl (C=O) groups excluding carboxylic acids is 2. The van der Waals surface area contributed by atoms with Crippen molar-refractivity contribution in [3.8, 4) is 5.75 Å². The summed E-state index contributed by atoms with van der Waals surface area (Å²) in [4.78, 5) is 25.0. The lowest BCUT2D eigenvalue weighted by molar-refractivity contribution is -0.125. The molecule has 0 radical (unpaired) electrons. The number of benzene rings is 1. The molecule has 1 fully saturated rings. The predicted octanol–water partition coefficient (Wildman–Crippen LogP) is 1.53. The van der Waals surface area contributed by atoms with Crippen LogP contribution in [0.25, 0.3) is 11.0 Å². The quantitative estimate of drug-likeness (QED) is 0.400. The fraction of sp³-hybridized carbons (Fsp3) is 0.350. The molecule has 1 aromatic heterocycles. The first-order valence-electron chi connectivity index (χ1n) is 9.46. The van der Waals surface area contributed by atoms with Crippen LogP contribution in [0.1, 0.15) is 22.5 Å². The van der Waals surface area contributed by atoms with Gasteiger partial charge in [-0.15, -0.1) is 0 Å². The molecule has 0 saturated carbocycles. The standard InChI is InChI=1S/C20H21F3N4O5/c1-10-15(17(29)27-19(9-28)4-5-26-18(19)30)13-6-12(2-3-14(13)32-10)31-8-11(7-24)16(25)20(21,22)23/h2-3,6-7,24,28H,4-5,8-9,25H2,1H3,(H,26,30)(H,27,29)/t19-/m1/s1. The van der Waals surface area contributed by atoms with Gasteiger partial charge >= 0.3 is 6.18 Å². The van der Waals surface area contributed by atoms with Crippen molar-refractivity contribution >= 4 is 29.0 Å². The molecule has 0 spiro atoms. The first-order chi connectivity index (χ1) is 15.0. The summed E-state index contributed by atoms with van der Waals surface area (Å²) in [5, 5.41) is 22.2. The Kier molecular flexibility index (Phi) is 6.17. The number of fused-ring (bicyclic) bond motifs is 1. The number of furan rings is 1. The fourth-order valence-corrected chi connectivity index (χ4v) is 3.37. The molecule has 2 aromatic rings. The number of amides is 2. The summed E-state index contributed by atoms with van der Waals surface area (Å²) in [6.45, 7) is 0.627. The molecule has 0 bridgehead atoms. The number of hydrogen-bond acceptors (Lipinski definition) is 7. The number of alkyl halides is 3. The average Bonchev–Trinajstić information content (AvgIpc) is 3.26. The molecule has 1 saturated heterocycles. The van der Waals surface area contributed by atoms with Gasteiger partial charge in [-0.25, -0.2) is 0 Å². The van der Waals surface area contributed by atoms with E-state index in [-0.39, 0.29) is 23.5 Å². The van der Waals surface area contributed by atoms with E-state index in [1.807, 2.05) is 0 Å². The number of aryl methyl sites for hydroxylation is 1. The van der Waals surface area contributed by atoms with Gasteiger partial charge in [0.2, 0.25) is 5.91 Å². The van der Waals surface area contributed by atoms with Gasteiger partial charge in [-0.1, -0.05) is 0 Å². The summed E-state index contributed by atoms with van der Waals surface area (Å²) in [7, 11) is 0. The molecule has 1 aliphatic rings. The molecular formula is C20H21F3N4O5. The van der Waals surface area contributed by atoms with E-state index in [0.29, 0.717) is 23.7 Å². The molecule has 6 N–H and O–H groups in total. The van der Waals surface area contributed by atoms with Crippen molar-refractivity contribution in [2.24, 2.45) is 5.73 Å². The van der Waals surface area contributed by atoms with E-state index in [9.17, 15) is 27.9 Å². The lowest BCUT2D eigenvalue weighted by atomic mass is 9.97. The van der Waals surface area contributed by atoms with Crippen molar-refractivity contribution in [1.29, 1.82) is 5.41 Å². The number of aliphatic hydroxyl groups excluding tert-OH is 1. The summed E-state index contributed by atoms with van der Waals surface area (Å²) in [6.07, 6.45) is -4.14. The average molecular weight is 454 g/mol. The van der Waals surface area contributed by atoms with Crippen LogP contribution in [-0.2, 0) is 4.79 Å². The van der Waals surface area contributed by atoms with Gasteiger partial charge in [-0.3, -0.25) is 9.59 Å². The lowest BCUT2D eigenvalue weighted by Gasteiger charge is -2.24. The Labute approximate surface area is 179 Å². The number of carbonyl (C=O) groups is 2. The van der Waals surface area contributed by atoms with E-state index >= 15 is 0 Å². The molecule has 0 unspecified atom stereocenters. The Bertz CT molecular complexity index is 1110. The van der Waals surface area contributed by atoms with Gasteiger partial charge in [0, 0.05) is 23.7 Å². The van der Waals surface area contributed by atoms with Crippen molar-refractivity contribution in [2.45, 2.75) is 25.1 Å². The van der Waals surface area contributed by atoms with Gasteiger partial charge in [0.25, 0.3) is 5.91 Å². The Morgan fingerprint density at radius 1 is 1.47 bits per heavy atom. The highest BCUT2D eigenvalue weighted by atomic mass is 19.4. The second-order valence-electron chi connectivity index (χ2n) is 7.26. The molecule has 12 heteroatoms. The van der Waals surface area contributed by atoms with E-state index < -0.39 is 48.0 Å². The number of aliphatic hydroxyl groups is 1. The van der Waals surface area contributed by atoms with E-state index in [1.54, 1.807) is 0 Å². The van der Waals surface area contributed by atoms with Crippen LogP contribution < -0.4 is 21.1 Å². The highest BCUT2D eigenvalue weighted by molar-refractivity contribution is 6.09. The van der Waals surface area contributed by atoms with Crippen LogP contribution >= 0.6 is 0 Å². The van der Waals surface area contributed by atoms with Crippen LogP contribution in [0.15, 0.2) is 33.9 Å². The Hall–Kier alpha value is -3.54. The molecule has 32 heavy (non-hydrogen) atoms. The van der Waals surface area contributed by atoms with Gasteiger partial charge in [0.05, 0.1) is 12.2 Å². The number of allylic oxidation sites excluding steroid dienone is 1. The smallest absolute Gasteiger partial charge is 0.431 e. The van der Waals surface area contributed by atoms with E-state index in [1.165, 1.54) is 25.1 Å². The maximum Gasteiger partial charge on any atom is 0.431 e. The van der Waals surface area contributed by atoms with Crippen LogP contribution in [-0.4, -0.2) is 54.6 Å². The first-order valence-corrected chi connectivity index (χ1v) is 9.46. The normalized spacial score (nSPS) is 19.5. The number of rotatable bonds is 7. The molecule has 9 nitrogen and oxygen atoms in total. The second-order valence-corrected chi connectivity index (χ2v) is 7.26. The molecule has 2 amide bonds. The van der Waals surface area contributed by atoms with Crippen molar-refractivity contribution in [2.75, 3.05) is 19.8 Å². The Morgan fingerprint density at radius 3 is 2.75 bits per heavy atom. The van der Waals surface area contributed by atoms with Crippen molar-refractivity contribution in [3.05, 3.63) is 40.8 Å². The zero-order valence-corrected chi connectivity index (χ0v) is 16.9. The minimum atomic E-state index is -4.80. The van der Waals surface area contributed by atoms with Gasteiger partial charge in [-0.2, -0.15) is 13.2 Å². The van der Waals surface area contributed by atoms with E-state index in [0.717, 1.165) is 0 Å². The van der Waals surface area contributed by atoms with Crippen LogP contribution in [0.2, 0.25) is 0 Å².